The van der Waals surface area contributed by atoms with E-state index in [1.807, 2.05) is 0 Å². The van der Waals surface area contributed by atoms with Crippen LogP contribution in [0.2, 0.25) is 0 Å². The van der Waals surface area contributed by atoms with Crippen molar-refractivity contribution in [3.63, 3.8) is 0 Å². The fraction of sp³-hybridized carbons (Fsp3) is 0.500. The van der Waals surface area contributed by atoms with Crippen molar-refractivity contribution in [3.05, 3.63) is 29.8 Å². The van der Waals surface area contributed by atoms with Gasteiger partial charge in [-0.15, -0.1) is 0 Å². The molecular formula is C16H21NO5. The predicted octanol–water partition coefficient (Wildman–Crippen LogP) is 1.65. The van der Waals surface area contributed by atoms with Crippen LogP contribution in [0.1, 0.15) is 23.7 Å². The molecule has 1 saturated heterocycles. The van der Waals surface area contributed by atoms with Gasteiger partial charge in [0.15, 0.2) is 0 Å². The number of carbonyl (C=O) groups excluding carboxylic acids is 1. The Labute approximate surface area is 129 Å². The second kappa shape index (κ2) is 6.79. The normalized spacial score (nSPS) is 20.9. The van der Waals surface area contributed by atoms with Gasteiger partial charge in [-0.3, -0.25) is 9.59 Å². The van der Waals surface area contributed by atoms with E-state index in [9.17, 15) is 14.7 Å². The molecular weight excluding hydrogens is 286 g/mol. The van der Waals surface area contributed by atoms with E-state index in [1.165, 1.54) is 0 Å². The molecule has 1 fully saturated rings. The van der Waals surface area contributed by atoms with Gasteiger partial charge in [0.05, 0.1) is 12.0 Å². The van der Waals surface area contributed by atoms with Crippen LogP contribution in [0.5, 0.6) is 5.75 Å². The van der Waals surface area contributed by atoms with E-state index in [-0.39, 0.29) is 12.5 Å². The van der Waals surface area contributed by atoms with Gasteiger partial charge in [-0.25, -0.2) is 0 Å². The fourth-order valence-corrected chi connectivity index (χ4v) is 2.43. The van der Waals surface area contributed by atoms with Crippen LogP contribution in [0.3, 0.4) is 0 Å². The topological polar surface area (TPSA) is 76.1 Å². The van der Waals surface area contributed by atoms with Gasteiger partial charge in [-0.05, 0) is 37.6 Å². The van der Waals surface area contributed by atoms with E-state index in [0.29, 0.717) is 37.5 Å². The van der Waals surface area contributed by atoms with E-state index < -0.39 is 11.4 Å². The Hall–Kier alpha value is -2.08. The third kappa shape index (κ3) is 3.57. The van der Waals surface area contributed by atoms with Gasteiger partial charge in [-0.2, -0.15) is 0 Å². The number of carbonyl (C=O) groups is 2. The molecule has 0 aromatic heterocycles. The molecule has 6 nitrogen and oxygen atoms in total. The summed E-state index contributed by atoms with van der Waals surface area (Å²) in [7, 11) is 1.60. The lowest BCUT2D eigenvalue weighted by Gasteiger charge is -2.20. The zero-order valence-corrected chi connectivity index (χ0v) is 12.9. The number of hydrogen-bond donors (Lipinski definition) is 1. The molecule has 1 aliphatic heterocycles. The fourth-order valence-electron chi connectivity index (χ4n) is 2.43. The van der Waals surface area contributed by atoms with Crippen molar-refractivity contribution >= 4 is 11.9 Å². The number of aliphatic carboxylic acids is 1. The Bertz CT molecular complexity index is 542. The maximum atomic E-state index is 12.4. The van der Waals surface area contributed by atoms with E-state index in [2.05, 4.69) is 0 Å². The Morgan fingerprint density at radius 3 is 2.50 bits per heavy atom. The molecule has 1 atom stereocenters. The lowest BCUT2D eigenvalue weighted by molar-refractivity contribution is -0.147. The first-order chi connectivity index (χ1) is 10.5. The average Bonchev–Trinajstić information content (AvgIpc) is 2.91. The van der Waals surface area contributed by atoms with Crippen LogP contribution < -0.4 is 4.74 Å². The minimum atomic E-state index is -0.857. The smallest absolute Gasteiger partial charge is 0.311 e. The third-order valence-corrected chi connectivity index (χ3v) is 3.93. The predicted molar refractivity (Wildman–Crippen MR) is 80.1 cm³/mol. The number of ether oxygens (including phenoxy) is 2. The lowest BCUT2D eigenvalue weighted by atomic mass is 9.90. The number of carboxylic acid groups (broad SMARTS) is 1. The molecule has 120 valence electrons. The molecule has 1 aromatic carbocycles. The Morgan fingerprint density at radius 2 is 1.95 bits per heavy atom. The van der Waals surface area contributed by atoms with E-state index in [4.69, 9.17) is 9.47 Å². The Morgan fingerprint density at radius 1 is 1.27 bits per heavy atom. The van der Waals surface area contributed by atoms with Gasteiger partial charge in [0.1, 0.15) is 12.4 Å². The summed E-state index contributed by atoms with van der Waals surface area (Å²) in [6.07, 6.45) is 0.478. The minimum Gasteiger partial charge on any atom is -0.491 e. The summed E-state index contributed by atoms with van der Waals surface area (Å²) in [5.41, 5.74) is -0.312. The molecule has 0 radical (unpaired) electrons. The maximum absolute atomic E-state index is 12.4. The largest absolute Gasteiger partial charge is 0.491 e. The van der Waals surface area contributed by atoms with Gasteiger partial charge < -0.3 is 19.5 Å². The number of rotatable bonds is 6. The highest BCUT2D eigenvalue weighted by Crippen LogP contribution is 2.31. The van der Waals surface area contributed by atoms with E-state index in [1.54, 1.807) is 43.2 Å². The first-order valence-electron chi connectivity index (χ1n) is 7.21. The highest BCUT2D eigenvalue weighted by Gasteiger charge is 2.42. The molecule has 2 rings (SSSR count). The zero-order valence-electron chi connectivity index (χ0n) is 12.9. The average molecular weight is 307 g/mol. The van der Waals surface area contributed by atoms with Crippen molar-refractivity contribution in [1.82, 2.24) is 4.90 Å². The summed E-state index contributed by atoms with van der Waals surface area (Å²) >= 11 is 0. The second-order valence-electron chi connectivity index (χ2n) is 5.71. The molecule has 6 heteroatoms. The maximum Gasteiger partial charge on any atom is 0.311 e. The monoisotopic (exact) mass is 307 g/mol. The highest BCUT2D eigenvalue weighted by atomic mass is 16.5. The first-order valence-corrected chi connectivity index (χ1v) is 7.21. The SMILES string of the molecule is COCCOc1ccc(C(=O)N2CC[C@@](C)(C(=O)O)C2)cc1. The van der Waals surface area contributed by atoms with Gasteiger partial charge in [-0.1, -0.05) is 0 Å². The van der Waals surface area contributed by atoms with Gasteiger partial charge in [0, 0.05) is 25.8 Å². The standard InChI is InChI=1S/C16H21NO5/c1-16(15(19)20)7-8-17(11-16)14(18)12-3-5-13(6-4-12)22-10-9-21-2/h3-6H,7-11H2,1-2H3,(H,19,20)/t16-/m1/s1. The highest BCUT2D eigenvalue weighted by molar-refractivity contribution is 5.95. The Balaban J connectivity index is 1.97. The number of likely N-dealkylation sites (tertiary alicyclic amines) is 1. The van der Waals surface area contributed by atoms with Crippen molar-refractivity contribution in [2.45, 2.75) is 13.3 Å². The molecule has 1 amide bonds. The van der Waals surface area contributed by atoms with Crippen LogP contribution in [0.4, 0.5) is 0 Å². The van der Waals surface area contributed by atoms with Crippen LogP contribution in [-0.4, -0.2) is 55.3 Å². The first kappa shape index (κ1) is 16.3. The summed E-state index contributed by atoms with van der Waals surface area (Å²) < 4.78 is 10.3. The number of amides is 1. The molecule has 22 heavy (non-hydrogen) atoms. The van der Waals surface area contributed by atoms with Gasteiger partial charge in [0.25, 0.3) is 5.91 Å². The van der Waals surface area contributed by atoms with E-state index in [0.717, 1.165) is 0 Å². The molecule has 1 N–H and O–H groups in total. The van der Waals surface area contributed by atoms with Crippen molar-refractivity contribution in [3.8, 4) is 5.75 Å². The molecule has 0 bridgehead atoms. The summed E-state index contributed by atoms with van der Waals surface area (Å²) in [6.45, 7) is 3.34. The van der Waals surface area contributed by atoms with Crippen molar-refractivity contribution in [2.24, 2.45) is 5.41 Å². The van der Waals surface area contributed by atoms with Crippen LogP contribution >= 0.6 is 0 Å². The van der Waals surface area contributed by atoms with Crippen LogP contribution in [0.25, 0.3) is 0 Å². The molecule has 0 aliphatic carbocycles. The lowest BCUT2D eigenvalue weighted by Crippen LogP contribution is -2.34. The van der Waals surface area contributed by atoms with Gasteiger partial charge >= 0.3 is 5.97 Å². The number of methoxy groups -OCH3 is 1. The molecule has 0 saturated carbocycles. The zero-order chi connectivity index (χ0) is 16.2. The van der Waals surface area contributed by atoms with Crippen LogP contribution in [0.15, 0.2) is 24.3 Å². The molecule has 0 unspecified atom stereocenters. The summed E-state index contributed by atoms with van der Waals surface area (Å²) in [6, 6.07) is 6.85. The molecule has 1 aromatic rings. The molecule has 1 heterocycles. The number of nitrogens with zero attached hydrogens (tertiary/aromatic N) is 1. The Kier molecular flexibility index (Phi) is 5.03. The van der Waals surface area contributed by atoms with E-state index >= 15 is 0 Å². The van der Waals surface area contributed by atoms with Crippen molar-refractivity contribution in [1.29, 1.82) is 0 Å². The molecule has 1 aliphatic rings. The minimum absolute atomic E-state index is 0.145. The van der Waals surface area contributed by atoms with Crippen LogP contribution in [0, 0.1) is 5.41 Å². The quantitative estimate of drug-likeness (QED) is 0.809. The number of carboxylic acids is 1. The second-order valence-corrected chi connectivity index (χ2v) is 5.71. The summed E-state index contributed by atoms with van der Waals surface area (Å²) in [5, 5.41) is 9.22. The molecule has 0 spiro atoms. The number of benzene rings is 1. The van der Waals surface area contributed by atoms with Crippen LogP contribution in [-0.2, 0) is 9.53 Å². The third-order valence-electron chi connectivity index (χ3n) is 3.93. The van der Waals surface area contributed by atoms with Crippen molar-refractivity contribution in [2.75, 3.05) is 33.4 Å². The number of hydrogen-bond acceptors (Lipinski definition) is 4. The van der Waals surface area contributed by atoms with Crippen molar-refractivity contribution < 1.29 is 24.2 Å². The van der Waals surface area contributed by atoms with Gasteiger partial charge in [0.2, 0.25) is 0 Å². The summed E-state index contributed by atoms with van der Waals surface area (Å²) in [4.78, 5) is 25.2. The summed E-state index contributed by atoms with van der Waals surface area (Å²) in [5.74, 6) is -0.330.